The number of nitrogens with zero attached hydrogens (tertiary/aromatic N) is 4. The Morgan fingerprint density at radius 3 is 2.84 bits per heavy atom. The number of amides is 1. The van der Waals surface area contributed by atoms with Crippen molar-refractivity contribution < 1.29 is 9.32 Å². The van der Waals surface area contributed by atoms with Gasteiger partial charge in [0.1, 0.15) is 23.0 Å². The van der Waals surface area contributed by atoms with Crippen LogP contribution in [0.2, 0.25) is 5.02 Å². The van der Waals surface area contributed by atoms with Gasteiger partial charge in [0.2, 0.25) is 11.7 Å². The second kappa shape index (κ2) is 10.2. The number of anilines is 1. The zero-order valence-corrected chi connectivity index (χ0v) is 19.4. The molecule has 32 heavy (non-hydrogen) atoms. The molecule has 0 radical (unpaired) electrons. The van der Waals surface area contributed by atoms with Crippen LogP contribution in [0.4, 0.5) is 5.82 Å². The van der Waals surface area contributed by atoms with Gasteiger partial charge in [-0.1, -0.05) is 28.4 Å². The van der Waals surface area contributed by atoms with E-state index in [1.54, 1.807) is 12.1 Å². The van der Waals surface area contributed by atoms with Crippen LogP contribution in [0.15, 0.2) is 45.5 Å². The third-order valence-corrected chi connectivity index (χ3v) is 6.27. The number of carbonyl (C=O) groups excluding carboxylic acids is 1. The summed E-state index contributed by atoms with van der Waals surface area (Å²) in [5, 5.41) is 12.7. The predicted octanol–water partition coefficient (Wildman–Crippen LogP) is 4.56. The molecule has 168 valence electrons. The van der Waals surface area contributed by atoms with Gasteiger partial charge in [0.05, 0.1) is 0 Å². The molecule has 1 aliphatic rings. The van der Waals surface area contributed by atoms with E-state index in [1.807, 2.05) is 18.4 Å². The van der Waals surface area contributed by atoms with Crippen molar-refractivity contribution in [2.24, 2.45) is 0 Å². The SMILES string of the molecule is CSc1nn(CC(=O)NCCC2=CCCCC2)c(N)c1-c1nc(-c2ccc(Cl)cc2)no1. The molecule has 0 bridgehead atoms. The minimum atomic E-state index is -0.137. The summed E-state index contributed by atoms with van der Waals surface area (Å²) in [7, 11) is 0. The standard InChI is InChI=1S/C22H25ClN6O2S/c1-32-22-18(21-26-20(28-31-21)15-7-9-16(23)10-8-15)19(24)29(27-22)13-17(30)25-12-11-14-5-3-2-4-6-14/h5,7-10H,2-4,6,11-13,24H2,1H3,(H,25,30). The molecule has 8 nitrogen and oxygen atoms in total. The Bertz CT molecular complexity index is 1120. The van der Waals surface area contributed by atoms with E-state index in [1.165, 1.54) is 34.9 Å². The Labute approximate surface area is 195 Å². The maximum absolute atomic E-state index is 12.5. The summed E-state index contributed by atoms with van der Waals surface area (Å²) in [5.41, 5.74) is 9.06. The lowest BCUT2D eigenvalue weighted by atomic mass is 9.97. The minimum absolute atomic E-state index is 0.0244. The molecule has 0 saturated carbocycles. The van der Waals surface area contributed by atoms with Crippen molar-refractivity contribution in [1.82, 2.24) is 25.2 Å². The number of hydrogen-bond acceptors (Lipinski definition) is 7. The number of rotatable bonds is 8. The van der Waals surface area contributed by atoms with Gasteiger partial charge in [-0.05, 0) is 62.6 Å². The highest BCUT2D eigenvalue weighted by atomic mass is 35.5. The maximum atomic E-state index is 12.5. The second-order valence-electron chi connectivity index (χ2n) is 7.57. The van der Waals surface area contributed by atoms with E-state index >= 15 is 0 Å². The number of thioether (sulfide) groups is 1. The largest absolute Gasteiger partial charge is 0.383 e. The summed E-state index contributed by atoms with van der Waals surface area (Å²) in [6.07, 6.45) is 9.82. The molecule has 0 atom stereocenters. The normalized spacial score (nSPS) is 13.8. The third-order valence-electron chi connectivity index (χ3n) is 5.34. The van der Waals surface area contributed by atoms with Gasteiger partial charge in [-0.15, -0.1) is 11.8 Å². The second-order valence-corrected chi connectivity index (χ2v) is 8.80. The lowest BCUT2D eigenvalue weighted by molar-refractivity contribution is -0.121. The number of allylic oxidation sites excluding steroid dienone is 1. The summed E-state index contributed by atoms with van der Waals surface area (Å²) in [6.45, 7) is 0.638. The van der Waals surface area contributed by atoms with Crippen molar-refractivity contribution in [1.29, 1.82) is 0 Å². The fourth-order valence-corrected chi connectivity index (χ4v) is 4.35. The van der Waals surface area contributed by atoms with E-state index in [0.29, 0.717) is 33.8 Å². The lowest BCUT2D eigenvalue weighted by Gasteiger charge is -2.13. The number of carbonyl (C=O) groups is 1. The molecule has 3 aromatic rings. The average molecular weight is 473 g/mol. The molecule has 2 aromatic heterocycles. The first-order valence-corrected chi connectivity index (χ1v) is 12.1. The highest BCUT2D eigenvalue weighted by Crippen LogP contribution is 2.35. The van der Waals surface area contributed by atoms with E-state index in [0.717, 1.165) is 24.8 Å². The van der Waals surface area contributed by atoms with Gasteiger partial charge in [-0.2, -0.15) is 10.1 Å². The molecule has 4 rings (SSSR count). The molecule has 10 heteroatoms. The predicted molar refractivity (Wildman–Crippen MR) is 126 cm³/mol. The van der Waals surface area contributed by atoms with Crippen LogP contribution in [0.1, 0.15) is 32.1 Å². The van der Waals surface area contributed by atoms with E-state index in [9.17, 15) is 4.79 Å². The van der Waals surface area contributed by atoms with Crippen molar-refractivity contribution in [3.8, 4) is 22.8 Å². The molecule has 0 fully saturated rings. The number of hydrogen-bond donors (Lipinski definition) is 2. The van der Waals surface area contributed by atoms with E-state index in [4.69, 9.17) is 21.9 Å². The van der Waals surface area contributed by atoms with Crippen LogP contribution in [0.5, 0.6) is 0 Å². The van der Waals surface area contributed by atoms with Crippen LogP contribution in [-0.2, 0) is 11.3 Å². The van der Waals surface area contributed by atoms with Gasteiger partial charge in [0, 0.05) is 17.1 Å². The molecule has 1 aromatic carbocycles. The Kier molecular flexibility index (Phi) is 7.16. The summed E-state index contributed by atoms with van der Waals surface area (Å²) in [4.78, 5) is 16.9. The molecule has 2 heterocycles. The molecule has 0 saturated heterocycles. The highest BCUT2D eigenvalue weighted by molar-refractivity contribution is 7.98. The number of benzene rings is 1. The quantitative estimate of drug-likeness (QED) is 0.365. The average Bonchev–Trinajstić information content (AvgIpc) is 3.40. The maximum Gasteiger partial charge on any atom is 0.264 e. The van der Waals surface area contributed by atoms with E-state index < -0.39 is 0 Å². The van der Waals surface area contributed by atoms with Crippen molar-refractivity contribution >= 4 is 35.1 Å². The number of aromatic nitrogens is 4. The monoisotopic (exact) mass is 472 g/mol. The number of nitrogens with two attached hydrogens (primary N) is 1. The fraction of sp³-hybridized carbons (Fsp3) is 0.364. The molecule has 0 aliphatic heterocycles. The van der Waals surface area contributed by atoms with Crippen LogP contribution in [0.25, 0.3) is 22.8 Å². The Balaban J connectivity index is 1.45. The highest BCUT2D eigenvalue weighted by Gasteiger charge is 2.23. The smallest absolute Gasteiger partial charge is 0.264 e. The molecular formula is C22H25ClN6O2S. The molecule has 0 unspecified atom stereocenters. The van der Waals surface area contributed by atoms with Crippen LogP contribution < -0.4 is 11.1 Å². The Morgan fingerprint density at radius 1 is 1.31 bits per heavy atom. The van der Waals surface area contributed by atoms with E-state index in [2.05, 4.69) is 26.6 Å². The Morgan fingerprint density at radius 2 is 2.12 bits per heavy atom. The number of nitrogens with one attached hydrogen (secondary N) is 1. The first-order chi connectivity index (χ1) is 15.5. The van der Waals surface area contributed by atoms with Gasteiger partial charge in [-0.3, -0.25) is 4.79 Å². The first-order valence-electron chi connectivity index (χ1n) is 10.5. The minimum Gasteiger partial charge on any atom is -0.383 e. The zero-order valence-electron chi connectivity index (χ0n) is 17.8. The van der Waals surface area contributed by atoms with Crippen LogP contribution in [-0.4, -0.2) is 38.6 Å². The van der Waals surface area contributed by atoms with Crippen molar-refractivity contribution in [2.75, 3.05) is 18.5 Å². The fourth-order valence-electron chi connectivity index (χ4n) is 3.64. The van der Waals surface area contributed by atoms with Gasteiger partial charge in [0.15, 0.2) is 0 Å². The van der Waals surface area contributed by atoms with Crippen molar-refractivity contribution in [2.45, 2.75) is 43.7 Å². The molecular weight excluding hydrogens is 448 g/mol. The number of halogens is 1. The van der Waals surface area contributed by atoms with Gasteiger partial charge in [-0.25, -0.2) is 4.68 Å². The summed E-state index contributed by atoms with van der Waals surface area (Å²) < 4.78 is 6.94. The molecule has 3 N–H and O–H groups in total. The molecule has 1 amide bonds. The van der Waals surface area contributed by atoms with Gasteiger partial charge >= 0.3 is 0 Å². The van der Waals surface area contributed by atoms with Crippen LogP contribution >= 0.6 is 23.4 Å². The van der Waals surface area contributed by atoms with Gasteiger partial charge < -0.3 is 15.6 Å². The molecule has 0 spiro atoms. The lowest BCUT2D eigenvalue weighted by Crippen LogP contribution is -2.29. The topological polar surface area (TPSA) is 112 Å². The molecule has 1 aliphatic carbocycles. The summed E-state index contributed by atoms with van der Waals surface area (Å²) >= 11 is 7.35. The van der Waals surface area contributed by atoms with Crippen LogP contribution in [0.3, 0.4) is 0 Å². The summed E-state index contributed by atoms with van der Waals surface area (Å²) in [6, 6.07) is 7.14. The van der Waals surface area contributed by atoms with Crippen molar-refractivity contribution in [3.63, 3.8) is 0 Å². The number of nitrogen functional groups attached to an aromatic ring is 1. The van der Waals surface area contributed by atoms with Crippen LogP contribution in [0, 0.1) is 0 Å². The zero-order chi connectivity index (χ0) is 22.5. The summed E-state index contributed by atoms with van der Waals surface area (Å²) in [5.74, 6) is 0.853. The van der Waals surface area contributed by atoms with Gasteiger partial charge in [0.25, 0.3) is 5.89 Å². The van der Waals surface area contributed by atoms with Crippen molar-refractivity contribution in [3.05, 3.63) is 40.9 Å². The first kappa shape index (κ1) is 22.4. The Hall–Kier alpha value is -2.78. The third kappa shape index (κ3) is 5.16. The van der Waals surface area contributed by atoms with E-state index in [-0.39, 0.29) is 18.3 Å².